The second-order valence-electron chi connectivity index (χ2n) is 2.92. The molecule has 0 amide bonds. The highest BCUT2D eigenvalue weighted by Crippen LogP contribution is 2.16. The fourth-order valence-corrected chi connectivity index (χ4v) is 2.30. The number of hydrogen-bond donors (Lipinski definition) is 1. The first-order valence-electron chi connectivity index (χ1n) is 3.87. The topological polar surface area (TPSA) is 56.2 Å². The number of nitrogens with zero attached hydrogens (tertiary/aromatic N) is 3. The van der Waals surface area contributed by atoms with Crippen LogP contribution in [0.15, 0.2) is 6.20 Å². The van der Waals surface area contributed by atoms with Crippen LogP contribution in [-0.4, -0.2) is 22.2 Å². The zero-order valence-electron chi connectivity index (χ0n) is 7.37. The minimum absolute atomic E-state index is 0.538. The Morgan fingerprint density at radius 1 is 1.62 bits per heavy atom. The molecule has 0 fully saturated rings. The zero-order valence-corrected chi connectivity index (χ0v) is 9.53. The second kappa shape index (κ2) is 2.86. The number of imidazole rings is 1. The van der Waals surface area contributed by atoms with Crippen LogP contribution in [0.3, 0.4) is 0 Å². The average Bonchev–Trinajstić information content (AvgIpc) is 2.36. The lowest BCUT2D eigenvalue weighted by Gasteiger charge is -2.03. The Labute approximate surface area is 90.1 Å². The number of fused-ring (bicyclic) bond motifs is 1. The lowest BCUT2D eigenvalue weighted by Crippen LogP contribution is -2.15. The summed E-state index contributed by atoms with van der Waals surface area (Å²) in [6.07, 6.45) is 1.76. The average molecular weight is 286 g/mol. The summed E-state index contributed by atoms with van der Waals surface area (Å²) in [4.78, 5) is 8.43. The van der Waals surface area contributed by atoms with Gasteiger partial charge < -0.3 is 10.1 Å². The third kappa shape index (κ3) is 1.20. The van der Waals surface area contributed by atoms with E-state index in [9.17, 15) is 0 Å². The van der Waals surface area contributed by atoms with Crippen LogP contribution in [0.25, 0.3) is 5.52 Å². The zero-order chi connectivity index (χ0) is 9.59. The van der Waals surface area contributed by atoms with Crippen LogP contribution in [0, 0.1) is 10.6 Å². The highest BCUT2D eigenvalue weighted by molar-refractivity contribution is 14.1. The summed E-state index contributed by atoms with van der Waals surface area (Å²) in [6.45, 7) is 1.99. The Balaban J connectivity index is 3.03. The highest BCUT2D eigenvalue weighted by Gasteiger charge is 2.10. The van der Waals surface area contributed by atoms with Crippen molar-refractivity contribution in [3.8, 4) is 0 Å². The molecule has 2 rings (SSSR count). The van der Waals surface area contributed by atoms with Crippen molar-refractivity contribution in [2.24, 2.45) is 0 Å². The number of nitrogen functional groups attached to an aromatic ring is 1. The summed E-state index contributed by atoms with van der Waals surface area (Å²) in [7, 11) is 1.96. The van der Waals surface area contributed by atoms with Gasteiger partial charge in [0.1, 0.15) is 9.22 Å². The number of nitrogens with two attached hydrogens (primary N) is 1. The van der Waals surface area contributed by atoms with Crippen LogP contribution in [0.2, 0.25) is 0 Å². The van der Waals surface area contributed by atoms with E-state index in [1.54, 1.807) is 6.20 Å². The van der Waals surface area contributed by atoms with Gasteiger partial charge in [-0.15, -0.1) is 0 Å². The lowest BCUT2D eigenvalue weighted by atomic mass is 10.1. The molecule has 0 aliphatic rings. The predicted molar refractivity (Wildman–Crippen MR) is 63.0 cm³/mol. The summed E-state index contributed by atoms with van der Waals surface area (Å²) in [5.74, 6) is 0.538. The third-order valence-electron chi connectivity index (χ3n) is 1.99. The van der Waals surface area contributed by atoms with Gasteiger partial charge in [-0.1, -0.05) is 0 Å². The first-order valence-corrected chi connectivity index (χ1v) is 4.94. The molecule has 0 radical (unpaired) electrons. The summed E-state index contributed by atoms with van der Waals surface area (Å²) in [5, 5.41) is 0. The highest BCUT2D eigenvalue weighted by atomic mass is 127. The van der Waals surface area contributed by atoms with E-state index in [1.165, 1.54) is 0 Å². The molecule has 0 saturated carbocycles. The van der Waals surface area contributed by atoms with Gasteiger partial charge in [-0.2, -0.15) is 0 Å². The van der Waals surface area contributed by atoms with Gasteiger partial charge in [0.2, 0.25) is 0 Å². The maximum Gasteiger partial charge on any atom is 0.187 e. The largest absolute Gasteiger partial charge is 0.382 e. The van der Waals surface area contributed by atoms with Crippen molar-refractivity contribution in [3.63, 3.8) is 0 Å². The van der Waals surface area contributed by atoms with Crippen molar-refractivity contribution in [3.05, 3.63) is 15.6 Å². The fraction of sp³-hybridized carbons (Fsp3) is 0.143. The van der Waals surface area contributed by atoms with Crippen LogP contribution < -0.4 is 11.5 Å². The van der Waals surface area contributed by atoms with Crippen LogP contribution in [0.4, 0.5) is 5.82 Å². The second-order valence-corrected chi connectivity index (χ2v) is 3.94. The molecule has 2 aromatic rings. The van der Waals surface area contributed by atoms with E-state index in [-0.39, 0.29) is 0 Å². The molecular weight excluding hydrogens is 278 g/mol. The Hall–Kier alpha value is -0.785. The van der Waals surface area contributed by atoms with Crippen molar-refractivity contribution in [2.75, 3.05) is 5.73 Å². The minimum atomic E-state index is 0.538. The van der Waals surface area contributed by atoms with Crippen LogP contribution in [0.1, 0.15) is 5.69 Å². The van der Waals surface area contributed by atoms with Crippen LogP contribution >= 0.6 is 22.6 Å². The van der Waals surface area contributed by atoms with E-state index in [1.807, 2.05) is 19.2 Å². The number of rotatable bonds is 0. The quantitative estimate of drug-likeness (QED) is 0.524. The maximum atomic E-state index is 5.76. The first-order chi connectivity index (χ1) is 6.11. The molecule has 2 heterocycles. The third-order valence-corrected chi connectivity index (χ3v) is 2.74. The molecule has 66 valence electrons. The van der Waals surface area contributed by atoms with E-state index in [4.69, 9.17) is 5.73 Å². The van der Waals surface area contributed by atoms with Gasteiger partial charge in [0.25, 0.3) is 0 Å². The van der Waals surface area contributed by atoms with Gasteiger partial charge in [-0.25, -0.2) is 9.97 Å². The van der Waals surface area contributed by atoms with E-state index < -0.39 is 0 Å². The normalized spacial score (nSPS) is 10.9. The Bertz CT molecular complexity index is 437. The minimum Gasteiger partial charge on any atom is -0.382 e. The molecule has 0 atom stereocenters. The molecule has 6 heteroatoms. The van der Waals surface area contributed by atoms with Gasteiger partial charge >= 0.3 is 0 Å². The van der Waals surface area contributed by atoms with Crippen molar-refractivity contribution < 1.29 is 0 Å². The standard InChI is InChI=1S/C7H8BIN4/c1-3-2-11-6(10)4-5(9)12-7(8)13(3)4/h2H,8H2,1H3,(H2,10,11). The summed E-state index contributed by atoms with van der Waals surface area (Å²) < 4.78 is 2.92. The Morgan fingerprint density at radius 3 is 2.92 bits per heavy atom. The first kappa shape index (κ1) is 8.80. The fourth-order valence-electron chi connectivity index (χ4n) is 1.43. The number of aromatic nitrogens is 3. The molecule has 0 aliphatic carbocycles. The van der Waals surface area contributed by atoms with Gasteiger partial charge in [0.05, 0.1) is 5.72 Å². The molecule has 4 nitrogen and oxygen atoms in total. The lowest BCUT2D eigenvalue weighted by molar-refractivity contribution is 1.08. The van der Waals surface area contributed by atoms with Crippen LogP contribution in [-0.2, 0) is 0 Å². The van der Waals surface area contributed by atoms with Gasteiger partial charge in [0, 0.05) is 11.9 Å². The molecule has 0 spiro atoms. The Kier molecular flexibility index (Phi) is 1.94. The number of halogens is 1. The summed E-state index contributed by atoms with van der Waals surface area (Å²) in [5.41, 5.74) is 8.68. The van der Waals surface area contributed by atoms with E-state index >= 15 is 0 Å². The number of hydrogen-bond acceptors (Lipinski definition) is 3. The molecular formula is C7H8BIN4. The molecule has 0 aromatic carbocycles. The molecule has 2 N–H and O–H groups in total. The van der Waals surface area contributed by atoms with E-state index in [2.05, 4.69) is 32.6 Å². The smallest absolute Gasteiger partial charge is 0.187 e. The molecule has 0 aliphatic heterocycles. The summed E-state index contributed by atoms with van der Waals surface area (Å²) in [6, 6.07) is 0. The van der Waals surface area contributed by atoms with Crippen molar-refractivity contribution in [1.29, 1.82) is 0 Å². The van der Waals surface area contributed by atoms with E-state index in [0.29, 0.717) is 5.82 Å². The molecule has 13 heavy (non-hydrogen) atoms. The van der Waals surface area contributed by atoms with E-state index in [0.717, 1.165) is 20.6 Å². The molecule has 0 unspecified atom stereocenters. The number of aryl methyl sites for hydroxylation is 1. The van der Waals surface area contributed by atoms with Gasteiger partial charge in [-0.05, 0) is 29.5 Å². The van der Waals surface area contributed by atoms with Crippen molar-refractivity contribution >= 4 is 47.5 Å². The molecule has 0 saturated heterocycles. The van der Waals surface area contributed by atoms with Crippen molar-refractivity contribution in [2.45, 2.75) is 6.92 Å². The van der Waals surface area contributed by atoms with Gasteiger partial charge in [-0.3, -0.25) is 0 Å². The molecule has 2 aromatic heterocycles. The maximum absolute atomic E-state index is 5.76. The number of anilines is 1. The molecule has 0 bridgehead atoms. The monoisotopic (exact) mass is 286 g/mol. The summed E-state index contributed by atoms with van der Waals surface area (Å²) >= 11 is 2.17. The van der Waals surface area contributed by atoms with Crippen LogP contribution in [0.5, 0.6) is 0 Å². The SMILES string of the molecule is Bc1nc(I)c2c(N)ncc(C)n12. The van der Waals surface area contributed by atoms with Gasteiger partial charge in [0.15, 0.2) is 13.7 Å². The Morgan fingerprint density at radius 2 is 2.31 bits per heavy atom. The van der Waals surface area contributed by atoms with Crippen molar-refractivity contribution in [1.82, 2.24) is 14.4 Å². The predicted octanol–water partition coefficient (Wildman–Crippen LogP) is -0.517.